The van der Waals surface area contributed by atoms with Gasteiger partial charge in [0.05, 0.1) is 11.9 Å². The molecule has 1 atom stereocenters. The van der Waals surface area contributed by atoms with Gasteiger partial charge in [0.1, 0.15) is 6.04 Å². The monoisotopic (exact) mass is 428 g/mol. The first-order valence-electron chi connectivity index (χ1n) is 8.51. The smallest absolute Gasteiger partial charge is 0.248 e. The van der Waals surface area contributed by atoms with E-state index in [0.29, 0.717) is 5.69 Å². The van der Waals surface area contributed by atoms with Crippen LogP contribution in [0.5, 0.6) is 0 Å². The minimum Gasteiger partial charge on any atom is -0.324 e. The first-order valence-corrected chi connectivity index (χ1v) is 11.1. The summed E-state index contributed by atoms with van der Waals surface area (Å²) in [5.41, 5.74) is 2.00. The van der Waals surface area contributed by atoms with Crippen LogP contribution in [-0.2, 0) is 21.2 Å². The summed E-state index contributed by atoms with van der Waals surface area (Å²) in [5.74, 6) is -0.428. The van der Waals surface area contributed by atoms with Gasteiger partial charge in [-0.2, -0.15) is 0 Å². The number of benzene rings is 2. The van der Waals surface area contributed by atoms with Crippen LogP contribution in [0.4, 0.5) is 11.4 Å². The van der Waals surface area contributed by atoms with Crippen LogP contribution in [0.2, 0.25) is 10.0 Å². The van der Waals surface area contributed by atoms with E-state index in [4.69, 9.17) is 23.2 Å². The van der Waals surface area contributed by atoms with Crippen molar-refractivity contribution in [2.75, 3.05) is 15.9 Å². The highest BCUT2D eigenvalue weighted by Gasteiger charge is 2.32. The number of carbonyl (C=O) groups excluding carboxylic acids is 1. The fourth-order valence-corrected chi connectivity index (χ4v) is 4.49. The van der Waals surface area contributed by atoms with Crippen molar-refractivity contribution in [3.63, 3.8) is 0 Å². The number of carbonyl (C=O) groups is 1. The number of halogens is 2. The topological polar surface area (TPSA) is 66.5 Å². The molecular formula is C19H22Cl2N2O3S. The number of hydrogen-bond acceptors (Lipinski definition) is 3. The molecule has 0 spiro atoms. The zero-order valence-electron chi connectivity index (χ0n) is 15.4. The van der Waals surface area contributed by atoms with Crippen molar-refractivity contribution in [1.82, 2.24) is 0 Å². The number of anilines is 2. The lowest BCUT2D eigenvalue weighted by Gasteiger charge is -2.30. The second-order valence-corrected chi connectivity index (χ2v) is 8.88. The Morgan fingerprint density at radius 3 is 2.07 bits per heavy atom. The molecule has 0 heterocycles. The van der Waals surface area contributed by atoms with Crippen LogP contribution in [0.15, 0.2) is 42.5 Å². The van der Waals surface area contributed by atoms with Gasteiger partial charge in [-0.3, -0.25) is 9.10 Å². The molecule has 2 aromatic rings. The van der Waals surface area contributed by atoms with Gasteiger partial charge in [0.15, 0.2) is 0 Å². The van der Waals surface area contributed by atoms with E-state index in [9.17, 15) is 13.2 Å². The summed E-state index contributed by atoms with van der Waals surface area (Å²) in [6.45, 7) is 3.79. The van der Waals surface area contributed by atoms with Crippen molar-refractivity contribution in [2.24, 2.45) is 0 Å². The van der Waals surface area contributed by atoms with E-state index in [1.807, 2.05) is 19.1 Å². The summed E-state index contributed by atoms with van der Waals surface area (Å²) >= 11 is 12.0. The Labute approximate surface area is 170 Å². The molecule has 0 aliphatic carbocycles. The van der Waals surface area contributed by atoms with Crippen LogP contribution >= 0.6 is 23.2 Å². The minimum absolute atomic E-state index is 0.248. The maximum atomic E-state index is 12.8. The number of sulfonamides is 1. The van der Waals surface area contributed by atoms with Crippen molar-refractivity contribution >= 4 is 50.5 Å². The van der Waals surface area contributed by atoms with Crippen LogP contribution in [0.25, 0.3) is 0 Å². The Hall–Kier alpha value is -1.76. The van der Waals surface area contributed by atoms with E-state index in [-0.39, 0.29) is 22.2 Å². The van der Waals surface area contributed by atoms with Gasteiger partial charge in [-0.15, -0.1) is 0 Å². The normalized spacial score (nSPS) is 12.5. The SMILES string of the molecule is CCc1ccc(NC(=O)C(CC)N(c2cc(Cl)cc(Cl)c2)S(C)(=O)=O)cc1. The molecule has 0 bridgehead atoms. The molecule has 0 aromatic heterocycles. The molecule has 0 aliphatic heterocycles. The van der Waals surface area contributed by atoms with Gasteiger partial charge in [0.25, 0.3) is 0 Å². The van der Waals surface area contributed by atoms with E-state index >= 15 is 0 Å². The molecule has 0 fully saturated rings. The molecule has 0 saturated carbocycles. The predicted octanol–water partition coefficient (Wildman–Crippen LogP) is 4.74. The summed E-state index contributed by atoms with van der Waals surface area (Å²) in [6, 6.07) is 10.9. The highest BCUT2D eigenvalue weighted by Crippen LogP contribution is 2.29. The first-order chi connectivity index (χ1) is 12.7. The molecular weight excluding hydrogens is 407 g/mol. The summed E-state index contributed by atoms with van der Waals surface area (Å²) in [6.07, 6.45) is 2.22. The molecule has 8 heteroatoms. The molecule has 27 heavy (non-hydrogen) atoms. The van der Waals surface area contributed by atoms with E-state index in [1.54, 1.807) is 19.1 Å². The number of rotatable bonds is 7. The van der Waals surface area contributed by atoms with Crippen LogP contribution in [0.3, 0.4) is 0 Å². The van der Waals surface area contributed by atoms with E-state index < -0.39 is 22.0 Å². The second kappa shape index (κ2) is 8.95. The van der Waals surface area contributed by atoms with Gasteiger partial charge in [-0.1, -0.05) is 49.2 Å². The van der Waals surface area contributed by atoms with Crippen LogP contribution in [0, 0.1) is 0 Å². The highest BCUT2D eigenvalue weighted by molar-refractivity contribution is 7.92. The average Bonchev–Trinajstić information content (AvgIpc) is 2.58. The zero-order chi connectivity index (χ0) is 20.2. The summed E-state index contributed by atoms with van der Waals surface area (Å²) in [7, 11) is -3.76. The van der Waals surface area contributed by atoms with Gasteiger partial charge in [0.2, 0.25) is 15.9 Å². The molecule has 0 aliphatic rings. The van der Waals surface area contributed by atoms with Gasteiger partial charge < -0.3 is 5.32 Å². The van der Waals surface area contributed by atoms with Gasteiger partial charge in [-0.05, 0) is 48.7 Å². The van der Waals surface area contributed by atoms with Crippen LogP contribution in [0.1, 0.15) is 25.8 Å². The Morgan fingerprint density at radius 1 is 1.07 bits per heavy atom. The lowest BCUT2D eigenvalue weighted by molar-refractivity contribution is -0.117. The number of amides is 1. The van der Waals surface area contributed by atoms with Crippen molar-refractivity contribution in [3.05, 3.63) is 58.1 Å². The number of hydrogen-bond donors (Lipinski definition) is 1. The molecule has 0 saturated heterocycles. The van der Waals surface area contributed by atoms with Gasteiger partial charge in [-0.25, -0.2) is 8.42 Å². The first kappa shape index (κ1) is 21.5. The summed E-state index contributed by atoms with van der Waals surface area (Å²) < 4.78 is 26.0. The van der Waals surface area contributed by atoms with Crippen molar-refractivity contribution in [1.29, 1.82) is 0 Å². The predicted molar refractivity (Wildman–Crippen MR) is 112 cm³/mol. The second-order valence-electron chi connectivity index (χ2n) is 6.15. The Morgan fingerprint density at radius 2 is 1.63 bits per heavy atom. The maximum Gasteiger partial charge on any atom is 0.248 e. The Kier molecular flexibility index (Phi) is 7.14. The van der Waals surface area contributed by atoms with E-state index in [1.165, 1.54) is 18.2 Å². The lowest BCUT2D eigenvalue weighted by atomic mass is 10.1. The fourth-order valence-electron chi connectivity index (χ4n) is 2.78. The molecule has 0 radical (unpaired) electrons. The Balaban J connectivity index is 2.37. The molecule has 2 aromatic carbocycles. The lowest BCUT2D eigenvalue weighted by Crippen LogP contribution is -2.47. The number of nitrogens with zero attached hydrogens (tertiary/aromatic N) is 1. The van der Waals surface area contributed by atoms with Crippen LogP contribution in [-0.4, -0.2) is 26.6 Å². The van der Waals surface area contributed by atoms with Crippen molar-refractivity contribution in [3.8, 4) is 0 Å². The third-order valence-corrected chi connectivity index (χ3v) is 5.68. The molecule has 1 N–H and O–H groups in total. The third kappa shape index (κ3) is 5.61. The largest absolute Gasteiger partial charge is 0.324 e. The highest BCUT2D eigenvalue weighted by atomic mass is 35.5. The molecule has 146 valence electrons. The number of nitrogens with one attached hydrogen (secondary N) is 1. The molecule has 1 unspecified atom stereocenters. The maximum absolute atomic E-state index is 12.8. The summed E-state index contributed by atoms with van der Waals surface area (Å²) in [5, 5.41) is 3.36. The van der Waals surface area contributed by atoms with Gasteiger partial charge in [0, 0.05) is 15.7 Å². The quantitative estimate of drug-likeness (QED) is 0.692. The third-order valence-electron chi connectivity index (χ3n) is 4.06. The van der Waals surface area contributed by atoms with Gasteiger partial charge >= 0.3 is 0 Å². The van der Waals surface area contributed by atoms with E-state index in [0.717, 1.165) is 22.5 Å². The molecule has 5 nitrogen and oxygen atoms in total. The fraction of sp³-hybridized carbons (Fsp3) is 0.316. The van der Waals surface area contributed by atoms with Crippen molar-refractivity contribution in [2.45, 2.75) is 32.7 Å². The Bertz CT molecular complexity index is 895. The van der Waals surface area contributed by atoms with Crippen LogP contribution < -0.4 is 9.62 Å². The molecule has 1 amide bonds. The average molecular weight is 429 g/mol. The summed E-state index contributed by atoms with van der Waals surface area (Å²) in [4.78, 5) is 12.8. The standard InChI is InChI=1S/C19H22Cl2N2O3S/c1-4-13-6-8-16(9-7-13)22-19(24)18(5-2)23(27(3,25)26)17-11-14(20)10-15(21)12-17/h6-12,18H,4-5H2,1-3H3,(H,22,24). The zero-order valence-corrected chi connectivity index (χ0v) is 17.7. The van der Waals surface area contributed by atoms with Crippen molar-refractivity contribution < 1.29 is 13.2 Å². The van der Waals surface area contributed by atoms with E-state index in [2.05, 4.69) is 5.32 Å². The number of aryl methyl sites for hydroxylation is 1. The molecule has 2 rings (SSSR count). The minimum atomic E-state index is -3.76.